The number of fused-ring (bicyclic) bond motifs is 1. The number of rotatable bonds is 4. The quantitative estimate of drug-likeness (QED) is 0.759. The molecule has 1 aromatic carbocycles. The van der Waals surface area contributed by atoms with Gasteiger partial charge in [0.2, 0.25) is 0 Å². The number of hydrogen-bond donors (Lipinski definition) is 1. The standard InChI is InChI=1S/C11H15N3O/c1-14-10-5-3-2-4-9(10)13-11(14)8-15-7-6-12/h2-5H,6-8,12H2,1H3. The maximum atomic E-state index is 5.37. The molecule has 4 heteroatoms. The molecule has 0 saturated carbocycles. The van der Waals surface area contributed by atoms with Crippen molar-refractivity contribution in [3.05, 3.63) is 30.1 Å². The fraction of sp³-hybridized carbons (Fsp3) is 0.364. The highest BCUT2D eigenvalue weighted by atomic mass is 16.5. The van der Waals surface area contributed by atoms with E-state index in [0.717, 1.165) is 16.9 Å². The Morgan fingerprint density at radius 2 is 2.20 bits per heavy atom. The number of benzene rings is 1. The van der Waals surface area contributed by atoms with E-state index in [4.69, 9.17) is 10.5 Å². The molecule has 1 heterocycles. The van der Waals surface area contributed by atoms with Crippen molar-refractivity contribution in [2.75, 3.05) is 13.2 Å². The average Bonchev–Trinajstić information content (AvgIpc) is 2.57. The lowest BCUT2D eigenvalue weighted by atomic mass is 10.3. The zero-order chi connectivity index (χ0) is 10.7. The van der Waals surface area contributed by atoms with Gasteiger partial charge in [-0.05, 0) is 12.1 Å². The highest BCUT2D eigenvalue weighted by Crippen LogP contribution is 2.14. The van der Waals surface area contributed by atoms with E-state index >= 15 is 0 Å². The van der Waals surface area contributed by atoms with Crippen LogP contribution in [-0.2, 0) is 18.4 Å². The Morgan fingerprint density at radius 3 is 2.93 bits per heavy atom. The van der Waals surface area contributed by atoms with Crippen LogP contribution in [0.3, 0.4) is 0 Å². The highest BCUT2D eigenvalue weighted by Gasteiger charge is 2.05. The molecule has 0 saturated heterocycles. The Bertz CT molecular complexity index is 450. The van der Waals surface area contributed by atoms with Gasteiger partial charge < -0.3 is 15.0 Å². The molecule has 0 radical (unpaired) electrons. The number of imidazole rings is 1. The molecule has 1 aromatic heterocycles. The summed E-state index contributed by atoms with van der Waals surface area (Å²) in [4.78, 5) is 4.48. The molecule has 2 N–H and O–H groups in total. The van der Waals surface area contributed by atoms with Gasteiger partial charge in [-0.1, -0.05) is 12.1 Å². The second kappa shape index (κ2) is 4.42. The molecule has 0 amide bonds. The van der Waals surface area contributed by atoms with Gasteiger partial charge in [-0.15, -0.1) is 0 Å². The Labute approximate surface area is 88.7 Å². The van der Waals surface area contributed by atoms with Crippen LogP contribution in [0.5, 0.6) is 0 Å². The van der Waals surface area contributed by atoms with Crippen LogP contribution in [-0.4, -0.2) is 22.7 Å². The molecule has 0 aliphatic rings. The number of aryl methyl sites for hydroxylation is 1. The number of nitrogens with zero attached hydrogens (tertiary/aromatic N) is 2. The third-order valence-corrected chi connectivity index (χ3v) is 2.37. The monoisotopic (exact) mass is 205 g/mol. The molecule has 2 aromatic rings. The normalized spacial score (nSPS) is 11.1. The SMILES string of the molecule is Cn1c(COCCN)nc2ccccc21. The molecule has 0 spiro atoms. The molecule has 4 nitrogen and oxygen atoms in total. The van der Waals surface area contributed by atoms with E-state index < -0.39 is 0 Å². The first kappa shape index (κ1) is 10.1. The van der Waals surface area contributed by atoms with Crippen LogP contribution in [0.25, 0.3) is 11.0 Å². The molecule has 80 valence electrons. The fourth-order valence-electron chi connectivity index (χ4n) is 1.57. The van der Waals surface area contributed by atoms with Gasteiger partial charge in [0.15, 0.2) is 0 Å². The summed E-state index contributed by atoms with van der Waals surface area (Å²) in [6, 6.07) is 8.05. The van der Waals surface area contributed by atoms with Gasteiger partial charge in [0.1, 0.15) is 12.4 Å². The molecule has 15 heavy (non-hydrogen) atoms. The molecule has 0 fully saturated rings. The first-order valence-electron chi connectivity index (χ1n) is 5.01. The summed E-state index contributed by atoms with van der Waals surface area (Å²) >= 11 is 0. The number of nitrogens with two attached hydrogens (primary N) is 1. The second-order valence-corrected chi connectivity index (χ2v) is 3.42. The lowest BCUT2D eigenvalue weighted by molar-refractivity contribution is 0.121. The minimum absolute atomic E-state index is 0.516. The molecular weight excluding hydrogens is 190 g/mol. The molecule has 0 bridgehead atoms. The van der Waals surface area contributed by atoms with Crippen molar-refractivity contribution in [1.82, 2.24) is 9.55 Å². The molecule has 2 rings (SSSR count). The van der Waals surface area contributed by atoms with Crippen LogP contribution in [0.2, 0.25) is 0 Å². The first-order valence-corrected chi connectivity index (χ1v) is 5.01. The summed E-state index contributed by atoms with van der Waals surface area (Å²) < 4.78 is 7.42. The number of para-hydroxylation sites is 2. The van der Waals surface area contributed by atoms with Crippen molar-refractivity contribution in [3.8, 4) is 0 Å². The van der Waals surface area contributed by atoms with Crippen molar-refractivity contribution >= 4 is 11.0 Å². The van der Waals surface area contributed by atoms with E-state index in [1.54, 1.807) is 0 Å². The summed E-state index contributed by atoms with van der Waals surface area (Å²) in [5.41, 5.74) is 7.49. The van der Waals surface area contributed by atoms with Gasteiger partial charge in [-0.2, -0.15) is 0 Å². The minimum atomic E-state index is 0.516. The highest BCUT2D eigenvalue weighted by molar-refractivity contribution is 5.75. The predicted octanol–water partition coefficient (Wildman–Crippen LogP) is 1.05. The third-order valence-electron chi connectivity index (χ3n) is 2.37. The van der Waals surface area contributed by atoms with Crippen molar-refractivity contribution < 1.29 is 4.74 Å². The summed E-state index contributed by atoms with van der Waals surface area (Å²) in [5, 5.41) is 0. The lowest BCUT2D eigenvalue weighted by Crippen LogP contribution is -2.10. The average molecular weight is 205 g/mol. The largest absolute Gasteiger partial charge is 0.372 e. The maximum absolute atomic E-state index is 5.37. The van der Waals surface area contributed by atoms with Gasteiger partial charge >= 0.3 is 0 Å². The van der Waals surface area contributed by atoms with Crippen LogP contribution in [0.15, 0.2) is 24.3 Å². The van der Waals surface area contributed by atoms with Crippen molar-refractivity contribution in [3.63, 3.8) is 0 Å². The molecule has 0 aliphatic carbocycles. The second-order valence-electron chi connectivity index (χ2n) is 3.42. The lowest BCUT2D eigenvalue weighted by Gasteiger charge is -2.02. The van der Waals surface area contributed by atoms with Crippen molar-refractivity contribution in [2.45, 2.75) is 6.61 Å². The molecule has 0 aliphatic heterocycles. The summed E-state index contributed by atoms with van der Waals surface area (Å²) in [5.74, 6) is 0.935. The Kier molecular flexibility index (Phi) is 2.99. The smallest absolute Gasteiger partial charge is 0.135 e. The van der Waals surface area contributed by atoms with Crippen LogP contribution in [0.4, 0.5) is 0 Å². The number of aromatic nitrogens is 2. The van der Waals surface area contributed by atoms with Crippen LogP contribution >= 0.6 is 0 Å². The minimum Gasteiger partial charge on any atom is -0.372 e. The number of ether oxygens (including phenoxy) is 1. The van der Waals surface area contributed by atoms with Crippen LogP contribution in [0, 0.1) is 0 Å². The zero-order valence-corrected chi connectivity index (χ0v) is 8.81. The summed E-state index contributed by atoms with van der Waals surface area (Å²) in [7, 11) is 2.00. The van der Waals surface area contributed by atoms with Gasteiger partial charge in [0, 0.05) is 13.6 Å². The zero-order valence-electron chi connectivity index (χ0n) is 8.81. The number of hydrogen-bond acceptors (Lipinski definition) is 3. The topological polar surface area (TPSA) is 53.1 Å². The Hall–Kier alpha value is -1.39. The first-order chi connectivity index (χ1) is 7.33. The van der Waals surface area contributed by atoms with Crippen LogP contribution in [0.1, 0.15) is 5.82 Å². The fourth-order valence-corrected chi connectivity index (χ4v) is 1.57. The van der Waals surface area contributed by atoms with Gasteiger partial charge in [0.05, 0.1) is 17.6 Å². The van der Waals surface area contributed by atoms with Crippen molar-refractivity contribution in [2.24, 2.45) is 12.8 Å². The summed E-state index contributed by atoms with van der Waals surface area (Å²) in [6.07, 6.45) is 0. The van der Waals surface area contributed by atoms with Gasteiger partial charge in [0.25, 0.3) is 0 Å². The van der Waals surface area contributed by atoms with E-state index in [0.29, 0.717) is 19.8 Å². The van der Waals surface area contributed by atoms with E-state index in [1.807, 2.05) is 29.8 Å². The van der Waals surface area contributed by atoms with E-state index in [1.165, 1.54) is 0 Å². The van der Waals surface area contributed by atoms with Crippen molar-refractivity contribution in [1.29, 1.82) is 0 Å². The summed E-state index contributed by atoms with van der Waals surface area (Å²) in [6.45, 7) is 1.63. The Balaban J connectivity index is 2.24. The third kappa shape index (κ3) is 2.00. The van der Waals surface area contributed by atoms with E-state index in [-0.39, 0.29) is 0 Å². The van der Waals surface area contributed by atoms with E-state index in [9.17, 15) is 0 Å². The maximum Gasteiger partial charge on any atom is 0.135 e. The molecular formula is C11H15N3O. The van der Waals surface area contributed by atoms with Crippen LogP contribution < -0.4 is 5.73 Å². The van der Waals surface area contributed by atoms with E-state index in [2.05, 4.69) is 11.1 Å². The Morgan fingerprint density at radius 1 is 1.40 bits per heavy atom. The van der Waals surface area contributed by atoms with Gasteiger partial charge in [-0.25, -0.2) is 4.98 Å². The molecule has 0 unspecified atom stereocenters. The molecule has 0 atom stereocenters. The van der Waals surface area contributed by atoms with Gasteiger partial charge in [-0.3, -0.25) is 0 Å². The predicted molar refractivity (Wildman–Crippen MR) is 59.4 cm³/mol.